The van der Waals surface area contributed by atoms with Crippen molar-refractivity contribution in [3.63, 3.8) is 0 Å². The van der Waals surface area contributed by atoms with Crippen molar-refractivity contribution in [3.05, 3.63) is 30.1 Å². The first-order chi connectivity index (χ1) is 15.5. The molecule has 2 aliphatic heterocycles. The van der Waals surface area contributed by atoms with E-state index in [0.29, 0.717) is 17.1 Å². The number of hydrogen-bond donors (Lipinski definition) is 5. The van der Waals surface area contributed by atoms with Crippen LogP contribution in [0.25, 0.3) is 11.2 Å². The Morgan fingerprint density at radius 3 is 2.91 bits per heavy atom. The number of aliphatic hydroxyl groups excluding tert-OH is 3. The maximum Gasteiger partial charge on any atom is 0.227 e. The Balaban J connectivity index is 1.42. The number of rotatable bonds is 5. The van der Waals surface area contributed by atoms with Crippen molar-refractivity contribution < 1.29 is 24.8 Å². The van der Waals surface area contributed by atoms with Crippen molar-refractivity contribution in [2.75, 3.05) is 30.5 Å². The van der Waals surface area contributed by atoms with Crippen molar-refractivity contribution in [3.8, 4) is 5.75 Å². The van der Waals surface area contributed by atoms with E-state index in [9.17, 15) is 15.3 Å². The van der Waals surface area contributed by atoms with Crippen LogP contribution in [0.3, 0.4) is 0 Å². The number of hydrogen-bond acceptors (Lipinski definition) is 11. The zero-order chi connectivity index (χ0) is 22.4. The third kappa shape index (κ3) is 3.53. The van der Waals surface area contributed by atoms with Gasteiger partial charge in [0, 0.05) is 11.8 Å². The lowest BCUT2D eigenvalue weighted by atomic mass is 10.1. The molecular weight excluding hydrogens is 436 g/mol. The Morgan fingerprint density at radius 2 is 2.16 bits per heavy atom. The molecule has 3 aromatic rings. The fourth-order valence-electron chi connectivity index (χ4n) is 4.13. The van der Waals surface area contributed by atoms with E-state index in [4.69, 9.17) is 15.2 Å². The quantitative estimate of drug-likeness (QED) is 0.353. The molecule has 0 amide bonds. The van der Waals surface area contributed by atoms with E-state index in [2.05, 4.69) is 26.3 Å². The standard InChI is InChI=1S/C20H24N6O5S/c1-30-11-4-2-3-9-5-10(7-32-16(9)11)23-20-24-17(21)13-18(25-20)26(8-22-13)19-15(29)14(28)12(6-27)31-19/h2-4,8,10,12,14-15,19,27-29H,5-7H2,1H3,(H3,21,23,24,25)/t10?,12-,14-,15-,19-/m1/s1. The van der Waals surface area contributed by atoms with Gasteiger partial charge in [-0.05, 0) is 18.1 Å². The summed E-state index contributed by atoms with van der Waals surface area (Å²) < 4.78 is 12.6. The molecule has 4 heterocycles. The number of imidazole rings is 1. The molecule has 2 aromatic heterocycles. The molecule has 0 spiro atoms. The van der Waals surface area contributed by atoms with E-state index in [0.717, 1.165) is 22.8 Å². The summed E-state index contributed by atoms with van der Waals surface area (Å²) in [5.74, 6) is 2.19. The molecule has 1 fully saturated rings. The van der Waals surface area contributed by atoms with E-state index in [-0.39, 0.29) is 11.9 Å². The fraction of sp³-hybridized carbons (Fsp3) is 0.450. The van der Waals surface area contributed by atoms with E-state index < -0.39 is 31.1 Å². The van der Waals surface area contributed by atoms with Crippen LogP contribution in [0.2, 0.25) is 0 Å². The molecule has 0 radical (unpaired) electrons. The predicted octanol–water partition coefficient (Wildman–Crippen LogP) is 0.157. The van der Waals surface area contributed by atoms with Crippen molar-refractivity contribution in [1.82, 2.24) is 19.5 Å². The summed E-state index contributed by atoms with van der Waals surface area (Å²) in [6, 6.07) is 6.08. The lowest BCUT2D eigenvalue weighted by molar-refractivity contribution is -0.0511. The SMILES string of the molecule is COc1cccc2c1SCC(Nc1nc(N)c3ncn([C@@H]4O[C@H](CO)[C@@H](O)[C@H]4O)c3n1)C2. The molecule has 11 nitrogen and oxygen atoms in total. The van der Waals surface area contributed by atoms with Crippen molar-refractivity contribution in [2.45, 2.75) is 41.9 Å². The molecule has 6 N–H and O–H groups in total. The highest BCUT2D eigenvalue weighted by molar-refractivity contribution is 7.99. The Kier molecular flexibility index (Phi) is 5.55. The first kappa shape index (κ1) is 21.2. The van der Waals surface area contributed by atoms with Gasteiger partial charge in [0.15, 0.2) is 17.7 Å². The summed E-state index contributed by atoms with van der Waals surface area (Å²) >= 11 is 1.71. The maximum absolute atomic E-state index is 10.4. The van der Waals surface area contributed by atoms with Gasteiger partial charge < -0.3 is 35.8 Å². The third-order valence-electron chi connectivity index (χ3n) is 5.75. The van der Waals surface area contributed by atoms with Crippen molar-refractivity contribution in [2.24, 2.45) is 0 Å². The average molecular weight is 461 g/mol. The zero-order valence-electron chi connectivity index (χ0n) is 17.3. The summed E-state index contributed by atoms with van der Waals surface area (Å²) in [5.41, 5.74) is 8.03. The van der Waals surface area contributed by atoms with Gasteiger partial charge in [-0.25, -0.2) is 4.98 Å². The number of anilines is 2. The summed E-state index contributed by atoms with van der Waals surface area (Å²) in [7, 11) is 1.67. The molecule has 12 heteroatoms. The minimum absolute atomic E-state index is 0.0711. The second kappa shape index (κ2) is 8.37. The first-order valence-corrected chi connectivity index (χ1v) is 11.2. The van der Waals surface area contributed by atoms with E-state index in [1.807, 2.05) is 12.1 Å². The molecule has 0 saturated carbocycles. The highest BCUT2D eigenvalue weighted by Crippen LogP contribution is 2.38. The minimum Gasteiger partial charge on any atom is -0.496 e. The summed E-state index contributed by atoms with van der Waals surface area (Å²) in [5, 5.41) is 33.2. The molecule has 170 valence electrons. The Bertz CT molecular complexity index is 1140. The normalized spacial score (nSPS) is 27.4. The zero-order valence-corrected chi connectivity index (χ0v) is 18.1. The van der Waals surface area contributed by atoms with Gasteiger partial charge in [-0.3, -0.25) is 4.57 Å². The van der Waals surface area contributed by atoms with Gasteiger partial charge in [0.2, 0.25) is 5.95 Å². The van der Waals surface area contributed by atoms with Crippen LogP contribution in [-0.4, -0.2) is 78.7 Å². The lowest BCUT2D eigenvalue weighted by Gasteiger charge is -2.26. The van der Waals surface area contributed by atoms with E-state index in [1.54, 1.807) is 18.9 Å². The number of nitrogen functional groups attached to an aromatic ring is 1. The summed E-state index contributed by atoms with van der Waals surface area (Å²) in [4.78, 5) is 14.3. The number of methoxy groups -OCH3 is 1. The van der Waals surface area contributed by atoms with Gasteiger partial charge in [0.05, 0.1) is 24.9 Å². The van der Waals surface area contributed by atoms with Crippen LogP contribution in [0.15, 0.2) is 29.4 Å². The fourth-order valence-corrected chi connectivity index (χ4v) is 5.33. The molecule has 5 atom stereocenters. The number of nitrogens with one attached hydrogen (secondary N) is 1. The van der Waals surface area contributed by atoms with Crippen molar-refractivity contribution >= 4 is 34.7 Å². The van der Waals surface area contributed by atoms with Gasteiger partial charge in [-0.15, -0.1) is 11.8 Å². The largest absolute Gasteiger partial charge is 0.496 e. The average Bonchev–Trinajstić information content (AvgIpc) is 3.34. The summed E-state index contributed by atoms with van der Waals surface area (Å²) in [6.45, 7) is -0.420. The molecule has 32 heavy (non-hydrogen) atoms. The number of aliphatic hydroxyl groups is 3. The van der Waals surface area contributed by atoms with Crippen LogP contribution in [0.5, 0.6) is 5.75 Å². The van der Waals surface area contributed by atoms with Crippen LogP contribution < -0.4 is 15.8 Å². The first-order valence-electron chi connectivity index (χ1n) is 10.2. The number of fused-ring (bicyclic) bond motifs is 2. The topological polar surface area (TPSA) is 161 Å². The maximum atomic E-state index is 10.4. The molecule has 0 bridgehead atoms. The molecular formula is C20H24N6O5S. The van der Waals surface area contributed by atoms with Crippen molar-refractivity contribution in [1.29, 1.82) is 0 Å². The van der Waals surface area contributed by atoms with Gasteiger partial charge in [0.1, 0.15) is 29.6 Å². The molecule has 5 rings (SSSR count). The van der Waals surface area contributed by atoms with Gasteiger partial charge in [-0.2, -0.15) is 9.97 Å². The second-order valence-corrected chi connectivity index (χ2v) is 8.82. The van der Waals surface area contributed by atoms with E-state index in [1.165, 1.54) is 16.5 Å². The number of nitrogens with two attached hydrogens (primary N) is 1. The monoisotopic (exact) mass is 460 g/mol. The van der Waals surface area contributed by atoms with Crippen LogP contribution in [-0.2, 0) is 11.2 Å². The highest BCUT2D eigenvalue weighted by Gasteiger charge is 2.44. The lowest BCUT2D eigenvalue weighted by Crippen LogP contribution is -2.33. The Morgan fingerprint density at radius 1 is 1.31 bits per heavy atom. The summed E-state index contributed by atoms with van der Waals surface area (Å²) in [6.07, 6.45) is -2.14. The number of thioether (sulfide) groups is 1. The van der Waals surface area contributed by atoms with Gasteiger partial charge >= 0.3 is 0 Å². The molecule has 1 unspecified atom stereocenters. The predicted molar refractivity (Wildman–Crippen MR) is 118 cm³/mol. The second-order valence-electron chi connectivity index (χ2n) is 7.79. The van der Waals surface area contributed by atoms with Crippen LogP contribution in [0.4, 0.5) is 11.8 Å². The van der Waals surface area contributed by atoms with Gasteiger partial charge in [-0.1, -0.05) is 12.1 Å². The Labute approximate surface area is 187 Å². The van der Waals surface area contributed by atoms with Crippen LogP contribution >= 0.6 is 11.8 Å². The van der Waals surface area contributed by atoms with Gasteiger partial charge in [0.25, 0.3) is 0 Å². The number of ether oxygens (including phenoxy) is 2. The minimum atomic E-state index is -1.25. The molecule has 1 aromatic carbocycles. The molecule has 1 saturated heterocycles. The van der Waals surface area contributed by atoms with Crippen LogP contribution in [0, 0.1) is 0 Å². The highest BCUT2D eigenvalue weighted by atomic mass is 32.2. The molecule has 2 aliphatic rings. The van der Waals surface area contributed by atoms with Crippen LogP contribution in [0.1, 0.15) is 11.8 Å². The van der Waals surface area contributed by atoms with E-state index >= 15 is 0 Å². The molecule has 0 aliphatic carbocycles. The number of aromatic nitrogens is 4. The Hall–Kier alpha value is -2.64. The third-order valence-corrected chi connectivity index (χ3v) is 7.07. The number of nitrogens with zero attached hydrogens (tertiary/aromatic N) is 4. The number of benzene rings is 1. The smallest absolute Gasteiger partial charge is 0.227 e.